The van der Waals surface area contributed by atoms with E-state index in [-0.39, 0.29) is 11.6 Å². The minimum absolute atomic E-state index is 0.0268. The number of ether oxygens (including phenoxy) is 3. The van der Waals surface area contributed by atoms with E-state index in [0.717, 1.165) is 5.56 Å². The lowest BCUT2D eigenvalue weighted by Gasteiger charge is -2.19. The number of hydrogen-bond acceptors (Lipinski definition) is 7. The van der Waals surface area contributed by atoms with Crippen LogP contribution in [0, 0.1) is 0 Å². The summed E-state index contributed by atoms with van der Waals surface area (Å²) in [5.41, 5.74) is 7.31. The highest BCUT2D eigenvalue weighted by Crippen LogP contribution is 2.35. The van der Waals surface area contributed by atoms with Crippen molar-refractivity contribution in [3.8, 4) is 22.8 Å². The third-order valence-electron chi connectivity index (χ3n) is 4.80. The summed E-state index contributed by atoms with van der Waals surface area (Å²) in [6.45, 7) is 6.33. The van der Waals surface area contributed by atoms with Gasteiger partial charge >= 0.3 is 5.97 Å². The molecule has 9 nitrogen and oxygen atoms in total. The Bertz CT molecular complexity index is 1140. The van der Waals surface area contributed by atoms with Gasteiger partial charge in [-0.1, -0.05) is 0 Å². The number of amides is 1. The molecular weight excluding hydrogens is 388 g/mol. The lowest BCUT2D eigenvalue weighted by molar-refractivity contribution is -0.125. The monoisotopic (exact) mass is 410 g/mol. The number of pyridine rings is 1. The van der Waals surface area contributed by atoms with Crippen LogP contribution in [0.15, 0.2) is 30.5 Å². The van der Waals surface area contributed by atoms with E-state index < -0.39 is 18.0 Å². The topological polar surface area (TPSA) is 119 Å². The molecule has 0 saturated carbocycles. The van der Waals surface area contributed by atoms with Gasteiger partial charge in [0, 0.05) is 11.6 Å². The average molecular weight is 410 g/mol. The van der Waals surface area contributed by atoms with Crippen LogP contribution in [0.4, 0.5) is 0 Å². The highest BCUT2D eigenvalue weighted by atomic mass is 16.6. The molecule has 0 saturated heterocycles. The van der Waals surface area contributed by atoms with Crippen molar-refractivity contribution < 1.29 is 23.8 Å². The van der Waals surface area contributed by atoms with Crippen molar-refractivity contribution in [1.82, 2.24) is 14.8 Å². The molecule has 156 valence electrons. The van der Waals surface area contributed by atoms with Crippen LogP contribution in [0.25, 0.3) is 22.3 Å². The van der Waals surface area contributed by atoms with Crippen LogP contribution in [-0.4, -0.2) is 46.0 Å². The van der Waals surface area contributed by atoms with Crippen molar-refractivity contribution in [3.05, 3.63) is 36.0 Å². The molecule has 9 heteroatoms. The minimum Gasteiger partial charge on any atom is -0.486 e. The van der Waals surface area contributed by atoms with Gasteiger partial charge in [-0.3, -0.25) is 4.79 Å². The Labute approximate surface area is 172 Å². The van der Waals surface area contributed by atoms with E-state index >= 15 is 0 Å². The molecular formula is C21H22N4O5. The molecule has 0 spiro atoms. The van der Waals surface area contributed by atoms with E-state index in [4.69, 9.17) is 24.9 Å². The lowest BCUT2D eigenvalue weighted by atomic mass is 10.1. The summed E-state index contributed by atoms with van der Waals surface area (Å²) in [6, 6.07) is 7.12. The zero-order chi connectivity index (χ0) is 21.4. The fourth-order valence-electron chi connectivity index (χ4n) is 3.20. The molecule has 1 atom stereocenters. The molecule has 3 aromatic rings. The van der Waals surface area contributed by atoms with Crippen molar-refractivity contribution >= 4 is 22.9 Å². The molecule has 0 aliphatic carbocycles. The van der Waals surface area contributed by atoms with E-state index in [2.05, 4.69) is 5.10 Å². The molecule has 0 unspecified atom stereocenters. The van der Waals surface area contributed by atoms with Gasteiger partial charge in [0.05, 0.1) is 22.8 Å². The molecule has 0 bridgehead atoms. The predicted molar refractivity (Wildman–Crippen MR) is 108 cm³/mol. The summed E-state index contributed by atoms with van der Waals surface area (Å²) in [5, 5.41) is 4.90. The number of rotatable bonds is 5. The first-order valence-corrected chi connectivity index (χ1v) is 9.63. The number of nitrogens with two attached hydrogens (primary N) is 1. The number of primary amides is 1. The quantitative estimate of drug-likeness (QED) is 0.642. The maximum absolute atomic E-state index is 12.8. The Morgan fingerprint density at radius 1 is 1.13 bits per heavy atom. The van der Waals surface area contributed by atoms with Gasteiger partial charge in [-0.05, 0) is 45.0 Å². The smallest absolute Gasteiger partial charge is 0.339 e. The summed E-state index contributed by atoms with van der Waals surface area (Å²) in [7, 11) is 0. The fraction of sp³-hybridized carbons (Fsp3) is 0.333. The highest BCUT2D eigenvalue weighted by Gasteiger charge is 2.23. The number of benzene rings is 1. The van der Waals surface area contributed by atoms with Gasteiger partial charge in [0.2, 0.25) is 0 Å². The molecule has 1 aromatic carbocycles. The van der Waals surface area contributed by atoms with E-state index in [1.54, 1.807) is 16.9 Å². The summed E-state index contributed by atoms with van der Waals surface area (Å²) in [5.74, 6) is -0.118. The molecule has 2 N–H and O–H groups in total. The molecule has 1 aliphatic rings. The third kappa shape index (κ3) is 3.54. The van der Waals surface area contributed by atoms with Crippen LogP contribution < -0.4 is 15.2 Å². The van der Waals surface area contributed by atoms with Crippen molar-refractivity contribution in [2.24, 2.45) is 5.73 Å². The molecule has 2 aromatic heterocycles. The van der Waals surface area contributed by atoms with E-state index in [9.17, 15) is 9.59 Å². The number of fused-ring (bicyclic) bond motifs is 2. The van der Waals surface area contributed by atoms with Crippen molar-refractivity contribution in [3.63, 3.8) is 0 Å². The third-order valence-corrected chi connectivity index (χ3v) is 4.80. The first-order valence-electron chi connectivity index (χ1n) is 9.63. The average Bonchev–Trinajstić information content (AvgIpc) is 3.16. The van der Waals surface area contributed by atoms with E-state index in [0.29, 0.717) is 41.4 Å². The zero-order valence-electron chi connectivity index (χ0n) is 16.9. The van der Waals surface area contributed by atoms with Gasteiger partial charge in [-0.15, -0.1) is 0 Å². The predicted octanol–water partition coefficient (Wildman–Crippen LogP) is 2.48. The Morgan fingerprint density at radius 2 is 1.87 bits per heavy atom. The Hall–Kier alpha value is -3.62. The second kappa shape index (κ2) is 7.66. The maximum atomic E-state index is 12.8. The van der Waals surface area contributed by atoms with Gasteiger partial charge in [0.25, 0.3) is 5.91 Å². The normalized spacial score (nSPS) is 14.0. The van der Waals surface area contributed by atoms with E-state index in [1.807, 2.05) is 32.0 Å². The Morgan fingerprint density at radius 3 is 2.57 bits per heavy atom. The first kappa shape index (κ1) is 19.7. The molecule has 0 fully saturated rings. The largest absolute Gasteiger partial charge is 0.486 e. The van der Waals surface area contributed by atoms with E-state index in [1.165, 1.54) is 6.92 Å². The molecule has 1 aliphatic heterocycles. The second-order valence-electron chi connectivity index (χ2n) is 7.28. The molecule has 0 radical (unpaired) electrons. The van der Waals surface area contributed by atoms with Crippen LogP contribution in [0.2, 0.25) is 0 Å². The summed E-state index contributed by atoms with van der Waals surface area (Å²) < 4.78 is 18.2. The van der Waals surface area contributed by atoms with Gasteiger partial charge in [0.15, 0.2) is 23.3 Å². The number of hydrogen-bond donors (Lipinski definition) is 1. The van der Waals surface area contributed by atoms with Crippen LogP contribution >= 0.6 is 0 Å². The van der Waals surface area contributed by atoms with Crippen LogP contribution in [-0.2, 0) is 9.53 Å². The fourth-order valence-corrected chi connectivity index (χ4v) is 3.20. The number of carbonyl (C=O) groups excluding carboxylic acids is 2. The number of carbonyl (C=O) groups is 2. The maximum Gasteiger partial charge on any atom is 0.339 e. The number of nitrogens with zero attached hydrogens (tertiary/aromatic N) is 3. The molecule has 30 heavy (non-hydrogen) atoms. The number of esters is 1. The summed E-state index contributed by atoms with van der Waals surface area (Å²) in [4.78, 5) is 28.9. The van der Waals surface area contributed by atoms with Gasteiger partial charge in [0.1, 0.15) is 13.2 Å². The second-order valence-corrected chi connectivity index (χ2v) is 7.28. The molecule has 4 rings (SSSR count). The zero-order valence-corrected chi connectivity index (χ0v) is 16.9. The van der Waals surface area contributed by atoms with Gasteiger partial charge < -0.3 is 19.9 Å². The lowest BCUT2D eigenvalue weighted by Crippen LogP contribution is -2.30. The SMILES string of the molecule is CC(C)n1ncc2c(C(=O)O[C@H](C)C(N)=O)cc(-c3ccc4c(c3)OCCO4)nc21. The summed E-state index contributed by atoms with van der Waals surface area (Å²) >= 11 is 0. The van der Waals surface area contributed by atoms with Crippen molar-refractivity contribution in [2.75, 3.05) is 13.2 Å². The standard InChI is InChI=1S/C21H22N4O5/c1-11(2)25-20-15(10-23-25)14(21(27)30-12(3)19(22)26)9-16(24-20)13-4-5-17-18(8-13)29-7-6-28-17/h4-5,8-12H,6-7H2,1-3H3,(H2,22,26)/t12-/m1/s1. The minimum atomic E-state index is -1.06. The van der Waals surface area contributed by atoms with Crippen molar-refractivity contribution in [2.45, 2.75) is 32.9 Å². The summed E-state index contributed by atoms with van der Waals surface area (Å²) in [6.07, 6.45) is 0.514. The Kier molecular flexibility index (Phi) is 5.03. The molecule has 1 amide bonds. The van der Waals surface area contributed by atoms with Gasteiger partial charge in [-0.2, -0.15) is 5.10 Å². The van der Waals surface area contributed by atoms with Crippen molar-refractivity contribution in [1.29, 1.82) is 0 Å². The van der Waals surface area contributed by atoms with Crippen LogP contribution in [0.5, 0.6) is 11.5 Å². The molecule has 3 heterocycles. The first-order chi connectivity index (χ1) is 14.3. The highest BCUT2D eigenvalue weighted by molar-refractivity contribution is 6.04. The number of aromatic nitrogens is 3. The van der Waals surface area contributed by atoms with Crippen LogP contribution in [0.1, 0.15) is 37.2 Å². The van der Waals surface area contributed by atoms with Crippen LogP contribution in [0.3, 0.4) is 0 Å². The van der Waals surface area contributed by atoms with Gasteiger partial charge in [-0.25, -0.2) is 14.5 Å². The Balaban J connectivity index is 1.85.